The summed E-state index contributed by atoms with van der Waals surface area (Å²) >= 11 is 0. The Hall–Kier alpha value is -2.42. The molecule has 0 saturated carbocycles. The number of nitro groups is 1. The van der Waals surface area contributed by atoms with Crippen molar-refractivity contribution in [1.29, 1.82) is 5.26 Å². The number of amides is 1. The van der Waals surface area contributed by atoms with E-state index in [1.165, 1.54) is 23.1 Å². The van der Waals surface area contributed by atoms with E-state index in [4.69, 9.17) is 5.26 Å². The third-order valence-corrected chi connectivity index (χ3v) is 2.55. The maximum atomic E-state index is 11.9. The zero-order valence-corrected chi connectivity index (χ0v) is 10.2. The molecule has 0 aliphatic heterocycles. The van der Waals surface area contributed by atoms with Crippen molar-refractivity contribution in [2.45, 2.75) is 13.3 Å². The van der Waals surface area contributed by atoms with E-state index in [2.05, 4.69) is 0 Å². The van der Waals surface area contributed by atoms with Gasteiger partial charge in [0, 0.05) is 30.8 Å². The van der Waals surface area contributed by atoms with Crippen molar-refractivity contribution in [2.24, 2.45) is 0 Å². The van der Waals surface area contributed by atoms with Crippen molar-refractivity contribution in [3.8, 4) is 6.07 Å². The first-order chi connectivity index (χ1) is 8.47. The van der Waals surface area contributed by atoms with Crippen molar-refractivity contribution >= 4 is 11.6 Å². The van der Waals surface area contributed by atoms with Crippen LogP contribution in [0.2, 0.25) is 0 Å². The summed E-state index contributed by atoms with van der Waals surface area (Å²) in [7, 11) is 1.59. The molecule has 0 radical (unpaired) electrons. The SMILES string of the molecule is Cc1cc(C(=O)N(C)CCC#N)ccc1[N+](=O)[O-]. The topological polar surface area (TPSA) is 87.2 Å². The minimum atomic E-state index is -0.483. The fourth-order valence-corrected chi connectivity index (χ4v) is 1.53. The van der Waals surface area contributed by atoms with Crippen LogP contribution < -0.4 is 0 Å². The predicted octanol–water partition coefficient (Wildman–Crippen LogP) is 1.89. The van der Waals surface area contributed by atoms with Crippen molar-refractivity contribution in [2.75, 3.05) is 13.6 Å². The van der Waals surface area contributed by atoms with Gasteiger partial charge < -0.3 is 4.90 Å². The molecule has 1 aromatic rings. The van der Waals surface area contributed by atoms with E-state index in [-0.39, 0.29) is 18.0 Å². The molecule has 0 spiro atoms. The summed E-state index contributed by atoms with van der Waals surface area (Å²) in [4.78, 5) is 23.5. The van der Waals surface area contributed by atoms with Gasteiger partial charge in [0.1, 0.15) is 0 Å². The van der Waals surface area contributed by atoms with Gasteiger partial charge in [-0.3, -0.25) is 14.9 Å². The summed E-state index contributed by atoms with van der Waals surface area (Å²) < 4.78 is 0. The molecule has 0 aliphatic carbocycles. The summed E-state index contributed by atoms with van der Waals surface area (Å²) in [5, 5.41) is 19.1. The third-order valence-electron chi connectivity index (χ3n) is 2.55. The first-order valence-corrected chi connectivity index (χ1v) is 5.35. The zero-order chi connectivity index (χ0) is 13.7. The molecule has 6 nitrogen and oxygen atoms in total. The summed E-state index contributed by atoms with van der Waals surface area (Å²) in [6.45, 7) is 1.93. The van der Waals surface area contributed by atoms with Gasteiger partial charge in [-0.25, -0.2) is 0 Å². The molecule has 0 N–H and O–H groups in total. The number of aryl methyl sites for hydroxylation is 1. The molecule has 18 heavy (non-hydrogen) atoms. The van der Waals surface area contributed by atoms with Gasteiger partial charge in [0.15, 0.2) is 0 Å². The number of carbonyl (C=O) groups is 1. The summed E-state index contributed by atoms with van der Waals surface area (Å²) in [5.41, 5.74) is 0.823. The van der Waals surface area contributed by atoms with Crippen molar-refractivity contribution in [3.05, 3.63) is 39.4 Å². The lowest BCUT2D eigenvalue weighted by Gasteiger charge is -2.15. The monoisotopic (exact) mass is 247 g/mol. The van der Waals surface area contributed by atoms with Gasteiger partial charge >= 0.3 is 0 Å². The molecule has 6 heteroatoms. The predicted molar refractivity (Wildman–Crippen MR) is 65.0 cm³/mol. The van der Waals surface area contributed by atoms with E-state index in [0.717, 1.165) is 0 Å². The molecular formula is C12H13N3O3. The normalized spacial score (nSPS) is 9.61. The highest BCUT2D eigenvalue weighted by Gasteiger charge is 2.16. The minimum Gasteiger partial charge on any atom is -0.341 e. The van der Waals surface area contributed by atoms with E-state index in [9.17, 15) is 14.9 Å². The van der Waals surface area contributed by atoms with Crippen molar-refractivity contribution in [1.82, 2.24) is 4.90 Å². The molecule has 1 rings (SSSR count). The number of nitro benzene ring substituents is 1. The van der Waals surface area contributed by atoms with E-state index in [1.54, 1.807) is 14.0 Å². The Labute approximate surface area is 105 Å². The Morgan fingerprint density at radius 2 is 2.22 bits per heavy atom. The van der Waals surface area contributed by atoms with Crippen LogP contribution in [0.5, 0.6) is 0 Å². The minimum absolute atomic E-state index is 0.00812. The second-order valence-corrected chi connectivity index (χ2v) is 3.89. The van der Waals surface area contributed by atoms with Crippen LogP contribution in [0.1, 0.15) is 22.3 Å². The first-order valence-electron chi connectivity index (χ1n) is 5.35. The molecule has 0 saturated heterocycles. The summed E-state index contributed by atoms with van der Waals surface area (Å²) in [6, 6.07) is 6.19. The second kappa shape index (κ2) is 5.77. The Morgan fingerprint density at radius 1 is 1.56 bits per heavy atom. The number of nitrogens with zero attached hydrogens (tertiary/aromatic N) is 3. The van der Waals surface area contributed by atoms with Gasteiger partial charge in [-0.2, -0.15) is 5.26 Å². The molecule has 0 unspecified atom stereocenters. The Morgan fingerprint density at radius 3 is 2.72 bits per heavy atom. The molecule has 94 valence electrons. The number of nitriles is 1. The van der Waals surface area contributed by atoms with Crippen LogP contribution in [0, 0.1) is 28.4 Å². The Kier molecular flexibility index (Phi) is 4.38. The lowest BCUT2D eigenvalue weighted by Crippen LogP contribution is -2.27. The van der Waals surface area contributed by atoms with Crippen LogP contribution >= 0.6 is 0 Å². The van der Waals surface area contributed by atoms with Crippen LogP contribution in [0.4, 0.5) is 5.69 Å². The Balaban J connectivity index is 2.91. The molecule has 1 amide bonds. The van der Waals surface area contributed by atoms with Gasteiger partial charge in [0.2, 0.25) is 0 Å². The molecule has 0 aliphatic rings. The number of benzene rings is 1. The molecule has 0 fully saturated rings. The average molecular weight is 247 g/mol. The Bertz CT molecular complexity index is 520. The highest BCUT2D eigenvalue weighted by Crippen LogP contribution is 2.19. The third kappa shape index (κ3) is 3.04. The average Bonchev–Trinajstić information content (AvgIpc) is 2.34. The standard InChI is InChI=1S/C12H13N3O3/c1-9-8-10(4-5-11(9)15(17)18)12(16)14(2)7-3-6-13/h4-5,8H,3,7H2,1-2H3. The largest absolute Gasteiger partial charge is 0.341 e. The lowest BCUT2D eigenvalue weighted by atomic mass is 10.1. The van der Waals surface area contributed by atoms with Gasteiger partial charge in [-0.1, -0.05) is 0 Å². The second-order valence-electron chi connectivity index (χ2n) is 3.89. The van der Waals surface area contributed by atoms with Crippen LogP contribution in [0.25, 0.3) is 0 Å². The zero-order valence-electron chi connectivity index (χ0n) is 10.2. The number of hydrogen-bond donors (Lipinski definition) is 0. The van der Waals surface area contributed by atoms with Crippen molar-refractivity contribution < 1.29 is 9.72 Å². The molecule has 0 aromatic heterocycles. The molecule has 0 atom stereocenters. The maximum absolute atomic E-state index is 11.9. The van der Waals surface area contributed by atoms with Crippen LogP contribution in [-0.2, 0) is 0 Å². The molecule has 0 heterocycles. The van der Waals surface area contributed by atoms with Crippen molar-refractivity contribution in [3.63, 3.8) is 0 Å². The van der Waals surface area contributed by atoms with Gasteiger partial charge in [-0.15, -0.1) is 0 Å². The van der Waals surface area contributed by atoms with Gasteiger partial charge in [-0.05, 0) is 19.1 Å². The van der Waals surface area contributed by atoms with Gasteiger partial charge in [0.05, 0.1) is 17.4 Å². The number of carbonyl (C=O) groups excluding carboxylic acids is 1. The maximum Gasteiger partial charge on any atom is 0.272 e. The molecular weight excluding hydrogens is 234 g/mol. The molecule has 0 bridgehead atoms. The summed E-state index contributed by atoms with van der Waals surface area (Å²) in [6.07, 6.45) is 0.258. The smallest absolute Gasteiger partial charge is 0.272 e. The van der Waals surface area contributed by atoms with E-state index < -0.39 is 4.92 Å². The van der Waals surface area contributed by atoms with Crippen LogP contribution in [-0.4, -0.2) is 29.3 Å². The first kappa shape index (κ1) is 13.6. The fourth-order valence-electron chi connectivity index (χ4n) is 1.53. The number of rotatable bonds is 4. The molecule has 1 aromatic carbocycles. The van der Waals surface area contributed by atoms with Crippen LogP contribution in [0.15, 0.2) is 18.2 Å². The fraction of sp³-hybridized carbons (Fsp3) is 0.333. The van der Waals surface area contributed by atoms with E-state index in [0.29, 0.717) is 17.7 Å². The highest BCUT2D eigenvalue weighted by atomic mass is 16.6. The van der Waals surface area contributed by atoms with E-state index >= 15 is 0 Å². The number of hydrogen-bond acceptors (Lipinski definition) is 4. The van der Waals surface area contributed by atoms with E-state index in [1.807, 2.05) is 6.07 Å². The van der Waals surface area contributed by atoms with Crippen LogP contribution in [0.3, 0.4) is 0 Å². The van der Waals surface area contributed by atoms with Gasteiger partial charge in [0.25, 0.3) is 11.6 Å². The lowest BCUT2D eigenvalue weighted by molar-refractivity contribution is -0.385. The quantitative estimate of drug-likeness (QED) is 0.600. The highest BCUT2D eigenvalue weighted by molar-refractivity contribution is 5.94. The summed E-state index contributed by atoms with van der Waals surface area (Å²) in [5.74, 6) is -0.247.